The van der Waals surface area contributed by atoms with Gasteiger partial charge < -0.3 is 5.73 Å². The number of hydrogen-bond acceptors (Lipinski definition) is 3. The third-order valence-corrected chi connectivity index (χ3v) is 1.83. The molecule has 1 rings (SSSR count). The lowest BCUT2D eigenvalue weighted by Gasteiger charge is -2.03. The first-order valence-electron chi connectivity index (χ1n) is 4.29. The van der Waals surface area contributed by atoms with Gasteiger partial charge in [-0.3, -0.25) is 9.97 Å². The Labute approximate surface area is 73.0 Å². The van der Waals surface area contributed by atoms with Crippen molar-refractivity contribution in [3.05, 3.63) is 23.3 Å². The molecule has 3 nitrogen and oxygen atoms in total. The molecule has 0 unspecified atom stereocenters. The summed E-state index contributed by atoms with van der Waals surface area (Å²) >= 11 is 0. The molecule has 0 atom stereocenters. The van der Waals surface area contributed by atoms with Crippen LogP contribution in [0.15, 0.2) is 6.20 Å². The first-order chi connectivity index (χ1) is 5.77. The molecule has 0 aliphatic carbocycles. The Morgan fingerprint density at radius 2 is 2.25 bits per heavy atom. The number of hydrogen-bond donors (Lipinski definition) is 1. The van der Waals surface area contributed by atoms with Gasteiger partial charge in [-0.25, -0.2) is 0 Å². The normalized spacial score (nSPS) is 10.2. The lowest BCUT2D eigenvalue weighted by atomic mass is 10.2. The zero-order valence-corrected chi connectivity index (χ0v) is 7.67. The fourth-order valence-corrected chi connectivity index (χ4v) is 1.17. The topological polar surface area (TPSA) is 51.8 Å². The van der Waals surface area contributed by atoms with Crippen LogP contribution in [0.5, 0.6) is 0 Å². The summed E-state index contributed by atoms with van der Waals surface area (Å²) in [5, 5.41) is 0. The van der Waals surface area contributed by atoms with E-state index in [0.717, 1.165) is 29.9 Å². The van der Waals surface area contributed by atoms with Crippen LogP contribution in [0.1, 0.15) is 24.0 Å². The molecular weight excluding hydrogens is 150 g/mol. The molecule has 1 heterocycles. The largest absolute Gasteiger partial charge is 0.330 e. The number of aryl methyl sites for hydroxylation is 2. The smallest absolute Gasteiger partial charge is 0.0613 e. The Morgan fingerprint density at radius 1 is 1.50 bits per heavy atom. The van der Waals surface area contributed by atoms with Gasteiger partial charge in [-0.15, -0.1) is 0 Å². The molecule has 1 aromatic rings. The minimum Gasteiger partial charge on any atom is -0.330 e. The van der Waals surface area contributed by atoms with Crippen molar-refractivity contribution in [1.29, 1.82) is 0 Å². The first kappa shape index (κ1) is 9.13. The van der Waals surface area contributed by atoms with E-state index in [1.807, 2.05) is 13.1 Å². The van der Waals surface area contributed by atoms with Crippen LogP contribution in [0.25, 0.3) is 0 Å². The third-order valence-electron chi connectivity index (χ3n) is 1.83. The van der Waals surface area contributed by atoms with Crippen molar-refractivity contribution in [2.24, 2.45) is 5.73 Å². The van der Waals surface area contributed by atoms with Gasteiger partial charge in [-0.05, 0) is 19.9 Å². The highest BCUT2D eigenvalue weighted by Gasteiger charge is 2.00. The van der Waals surface area contributed by atoms with Crippen LogP contribution < -0.4 is 5.73 Å². The highest BCUT2D eigenvalue weighted by molar-refractivity contribution is 5.12. The van der Waals surface area contributed by atoms with Crippen LogP contribution in [0.3, 0.4) is 0 Å². The highest BCUT2D eigenvalue weighted by atomic mass is 14.8. The van der Waals surface area contributed by atoms with E-state index in [4.69, 9.17) is 5.73 Å². The van der Waals surface area contributed by atoms with Gasteiger partial charge in [0.15, 0.2) is 0 Å². The van der Waals surface area contributed by atoms with E-state index in [9.17, 15) is 0 Å². The molecule has 1 aromatic heterocycles. The van der Waals surface area contributed by atoms with Gasteiger partial charge in [-0.2, -0.15) is 0 Å². The van der Waals surface area contributed by atoms with E-state index in [0.29, 0.717) is 6.54 Å². The van der Waals surface area contributed by atoms with Gasteiger partial charge in [0, 0.05) is 12.6 Å². The molecule has 2 N–H and O–H groups in total. The van der Waals surface area contributed by atoms with Gasteiger partial charge in [0.1, 0.15) is 0 Å². The highest BCUT2D eigenvalue weighted by Crippen LogP contribution is 2.03. The van der Waals surface area contributed by atoms with E-state index >= 15 is 0 Å². The van der Waals surface area contributed by atoms with Crippen molar-refractivity contribution in [1.82, 2.24) is 9.97 Å². The molecule has 0 saturated carbocycles. The van der Waals surface area contributed by atoms with Gasteiger partial charge in [0.25, 0.3) is 0 Å². The van der Waals surface area contributed by atoms with Crippen LogP contribution in [0.2, 0.25) is 0 Å². The maximum atomic E-state index is 5.41. The molecule has 0 amide bonds. The second kappa shape index (κ2) is 4.16. The maximum absolute atomic E-state index is 5.41. The molecule has 3 heteroatoms. The summed E-state index contributed by atoms with van der Waals surface area (Å²) in [7, 11) is 0. The molecule has 0 saturated heterocycles. The van der Waals surface area contributed by atoms with Crippen LogP contribution in [-0.4, -0.2) is 16.5 Å². The van der Waals surface area contributed by atoms with Gasteiger partial charge in [0.2, 0.25) is 0 Å². The van der Waals surface area contributed by atoms with E-state index in [2.05, 4.69) is 16.9 Å². The Kier molecular flexibility index (Phi) is 3.17. The molecule has 12 heavy (non-hydrogen) atoms. The van der Waals surface area contributed by atoms with E-state index < -0.39 is 0 Å². The number of nitrogens with zero attached hydrogens (tertiary/aromatic N) is 2. The second-order valence-electron chi connectivity index (χ2n) is 2.79. The average Bonchev–Trinajstić information content (AvgIpc) is 2.05. The number of rotatable bonds is 3. The summed E-state index contributed by atoms with van der Waals surface area (Å²) in [5.41, 5.74) is 8.52. The van der Waals surface area contributed by atoms with Crippen LogP contribution >= 0.6 is 0 Å². The molecule has 0 aliphatic heterocycles. The van der Waals surface area contributed by atoms with Gasteiger partial charge in [-0.1, -0.05) is 6.92 Å². The third kappa shape index (κ3) is 2.01. The van der Waals surface area contributed by atoms with Crippen molar-refractivity contribution in [2.45, 2.75) is 26.7 Å². The molecule has 0 fully saturated rings. The quantitative estimate of drug-likeness (QED) is 0.722. The zero-order chi connectivity index (χ0) is 8.97. The van der Waals surface area contributed by atoms with Crippen molar-refractivity contribution >= 4 is 0 Å². The predicted octanol–water partition coefficient (Wildman–Crippen LogP) is 0.849. The summed E-state index contributed by atoms with van der Waals surface area (Å²) in [6, 6.07) is 0. The Hall–Kier alpha value is -0.960. The lowest BCUT2D eigenvalue weighted by molar-refractivity contribution is 0.863. The summed E-state index contributed by atoms with van der Waals surface area (Å²) < 4.78 is 0. The Bertz CT molecular complexity index is 258. The molecule has 0 radical (unpaired) electrons. The summed E-state index contributed by atoms with van der Waals surface area (Å²) in [6.07, 6.45) is 3.58. The van der Waals surface area contributed by atoms with Crippen molar-refractivity contribution in [2.75, 3.05) is 6.54 Å². The average molecular weight is 165 g/mol. The van der Waals surface area contributed by atoms with Crippen molar-refractivity contribution in [3.63, 3.8) is 0 Å². The second-order valence-corrected chi connectivity index (χ2v) is 2.79. The monoisotopic (exact) mass is 165 g/mol. The number of nitrogens with two attached hydrogens (primary N) is 1. The van der Waals surface area contributed by atoms with E-state index in [1.165, 1.54) is 0 Å². The summed E-state index contributed by atoms with van der Waals surface area (Å²) in [6.45, 7) is 4.71. The van der Waals surface area contributed by atoms with Crippen LogP contribution in [0, 0.1) is 6.92 Å². The van der Waals surface area contributed by atoms with Crippen molar-refractivity contribution < 1.29 is 0 Å². The summed E-state index contributed by atoms with van der Waals surface area (Å²) in [4.78, 5) is 8.69. The molecule has 0 aromatic carbocycles. The molecule has 0 spiro atoms. The zero-order valence-electron chi connectivity index (χ0n) is 7.67. The standard InChI is InChI=1S/C9H15N3/c1-3-9-7(2)12-8(4-5-10)6-11-9/h6H,3-5,10H2,1-2H3. The van der Waals surface area contributed by atoms with Crippen LogP contribution in [0.4, 0.5) is 0 Å². The molecule has 0 aliphatic rings. The predicted molar refractivity (Wildman–Crippen MR) is 48.9 cm³/mol. The minimum absolute atomic E-state index is 0.638. The maximum Gasteiger partial charge on any atom is 0.0613 e. The lowest BCUT2D eigenvalue weighted by Crippen LogP contribution is -2.07. The molecule has 66 valence electrons. The fraction of sp³-hybridized carbons (Fsp3) is 0.556. The minimum atomic E-state index is 0.638. The van der Waals surface area contributed by atoms with E-state index in [-0.39, 0.29) is 0 Å². The Morgan fingerprint density at radius 3 is 2.75 bits per heavy atom. The Balaban J connectivity index is 2.86. The number of aromatic nitrogens is 2. The van der Waals surface area contributed by atoms with E-state index in [1.54, 1.807) is 0 Å². The van der Waals surface area contributed by atoms with Crippen molar-refractivity contribution in [3.8, 4) is 0 Å². The van der Waals surface area contributed by atoms with Gasteiger partial charge >= 0.3 is 0 Å². The summed E-state index contributed by atoms with van der Waals surface area (Å²) in [5.74, 6) is 0. The SMILES string of the molecule is CCc1ncc(CCN)nc1C. The first-order valence-corrected chi connectivity index (χ1v) is 4.29. The van der Waals surface area contributed by atoms with Gasteiger partial charge in [0.05, 0.1) is 17.1 Å². The molecular formula is C9H15N3. The van der Waals surface area contributed by atoms with Crippen LogP contribution in [-0.2, 0) is 12.8 Å². The fourth-order valence-electron chi connectivity index (χ4n) is 1.17. The molecule has 0 bridgehead atoms.